The molecule has 1 aromatic carbocycles. The lowest BCUT2D eigenvalue weighted by molar-refractivity contribution is -0.141. The lowest BCUT2D eigenvalue weighted by atomic mass is 10.1. The number of carboxylic acids is 1. The van der Waals surface area contributed by atoms with Crippen LogP contribution in [0.5, 0.6) is 5.75 Å². The van der Waals surface area contributed by atoms with Crippen LogP contribution in [0.3, 0.4) is 0 Å². The Hall–Kier alpha value is -2.04. The second kappa shape index (κ2) is 5.15. The van der Waals surface area contributed by atoms with Crippen LogP contribution in [0.2, 0.25) is 0 Å². The third-order valence-corrected chi connectivity index (χ3v) is 4.07. The molecule has 0 saturated heterocycles. The minimum absolute atomic E-state index is 0.0342. The monoisotopic (exact) mass is 275 g/mol. The molecule has 0 unspecified atom stereocenters. The molecular formula is C15H17NO4. The van der Waals surface area contributed by atoms with E-state index in [1.165, 1.54) is 0 Å². The Morgan fingerprint density at radius 3 is 2.90 bits per heavy atom. The highest BCUT2D eigenvalue weighted by Gasteiger charge is 2.30. The SMILES string of the molecule is O=C(N[C@H]1CC[C@@H](C(=O)O)C1)c1ccc2c(c1)CCO2. The number of carbonyl (C=O) groups is 2. The summed E-state index contributed by atoms with van der Waals surface area (Å²) in [6, 6.07) is 5.41. The summed E-state index contributed by atoms with van der Waals surface area (Å²) in [4.78, 5) is 23.1. The Labute approximate surface area is 116 Å². The second-order valence-corrected chi connectivity index (χ2v) is 5.44. The van der Waals surface area contributed by atoms with Crippen LogP contribution in [0.1, 0.15) is 35.2 Å². The molecule has 0 spiro atoms. The van der Waals surface area contributed by atoms with Crippen LogP contribution in [-0.4, -0.2) is 29.6 Å². The van der Waals surface area contributed by atoms with Crippen LogP contribution in [0, 0.1) is 5.92 Å². The molecule has 0 radical (unpaired) electrons. The molecule has 1 amide bonds. The first-order valence-electron chi connectivity index (χ1n) is 6.93. The van der Waals surface area contributed by atoms with Crippen LogP contribution in [-0.2, 0) is 11.2 Å². The normalized spacial score (nSPS) is 24.0. The number of carboxylic acid groups (broad SMARTS) is 1. The van der Waals surface area contributed by atoms with Crippen molar-refractivity contribution in [1.82, 2.24) is 5.32 Å². The molecule has 5 heteroatoms. The van der Waals surface area contributed by atoms with Gasteiger partial charge in [-0.2, -0.15) is 0 Å². The standard InChI is InChI=1S/C15H17NO4/c17-14(16-12-3-1-11(8-12)15(18)19)10-2-4-13-9(7-10)5-6-20-13/h2,4,7,11-12H,1,3,5-6,8H2,(H,16,17)(H,18,19)/t11-,12+/m1/s1. The van der Waals surface area contributed by atoms with Gasteiger partial charge in [0.25, 0.3) is 5.91 Å². The third-order valence-electron chi connectivity index (χ3n) is 4.07. The Morgan fingerprint density at radius 2 is 2.15 bits per heavy atom. The summed E-state index contributed by atoms with van der Waals surface area (Å²) >= 11 is 0. The highest BCUT2D eigenvalue weighted by atomic mass is 16.5. The first-order chi connectivity index (χ1) is 9.63. The number of hydrogen-bond acceptors (Lipinski definition) is 3. The van der Waals surface area contributed by atoms with Crippen molar-refractivity contribution in [2.75, 3.05) is 6.61 Å². The fourth-order valence-electron chi connectivity index (χ4n) is 2.93. The van der Waals surface area contributed by atoms with Crippen LogP contribution in [0.4, 0.5) is 0 Å². The quantitative estimate of drug-likeness (QED) is 0.878. The molecule has 1 aliphatic heterocycles. The number of rotatable bonds is 3. The molecule has 3 rings (SSSR count). The largest absolute Gasteiger partial charge is 0.493 e. The van der Waals surface area contributed by atoms with Gasteiger partial charge in [-0.05, 0) is 43.0 Å². The molecule has 1 aliphatic carbocycles. The van der Waals surface area contributed by atoms with E-state index >= 15 is 0 Å². The summed E-state index contributed by atoms with van der Waals surface area (Å²) in [7, 11) is 0. The minimum atomic E-state index is -0.767. The summed E-state index contributed by atoms with van der Waals surface area (Å²) in [5.41, 5.74) is 1.68. The third kappa shape index (κ3) is 2.48. The zero-order valence-electron chi connectivity index (χ0n) is 11.1. The lowest BCUT2D eigenvalue weighted by Crippen LogP contribution is -2.33. The smallest absolute Gasteiger partial charge is 0.306 e. The first kappa shape index (κ1) is 13.0. The highest BCUT2D eigenvalue weighted by molar-refractivity contribution is 5.95. The number of benzene rings is 1. The first-order valence-corrected chi connectivity index (χ1v) is 6.93. The second-order valence-electron chi connectivity index (χ2n) is 5.44. The summed E-state index contributed by atoms with van der Waals surface area (Å²) in [6.07, 6.45) is 2.73. The maximum atomic E-state index is 12.2. The molecule has 0 aromatic heterocycles. The van der Waals surface area contributed by atoms with Crippen molar-refractivity contribution in [3.05, 3.63) is 29.3 Å². The Morgan fingerprint density at radius 1 is 1.30 bits per heavy atom. The Balaban J connectivity index is 1.64. The number of amides is 1. The number of ether oxygens (including phenoxy) is 1. The van der Waals surface area contributed by atoms with Crippen molar-refractivity contribution in [3.63, 3.8) is 0 Å². The predicted molar refractivity (Wildman–Crippen MR) is 71.9 cm³/mol. The Kier molecular flexibility index (Phi) is 3.34. The summed E-state index contributed by atoms with van der Waals surface area (Å²) in [5.74, 6) is -0.366. The fraction of sp³-hybridized carbons (Fsp3) is 0.467. The molecular weight excluding hydrogens is 258 g/mol. The van der Waals surface area contributed by atoms with Gasteiger partial charge in [-0.25, -0.2) is 0 Å². The predicted octanol–water partition coefficient (Wildman–Crippen LogP) is 1.60. The van der Waals surface area contributed by atoms with E-state index in [1.807, 2.05) is 12.1 Å². The zero-order chi connectivity index (χ0) is 14.1. The van der Waals surface area contributed by atoms with E-state index in [0.717, 1.165) is 24.2 Å². The van der Waals surface area contributed by atoms with Crippen molar-refractivity contribution >= 4 is 11.9 Å². The van der Waals surface area contributed by atoms with Gasteiger partial charge >= 0.3 is 5.97 Å². The summed E-state index contributed by atoms with van der Waals surface area (Å²) in [5, 5.41) is 11.9. The van der Waals surface area contributed by atoms with Gasteiger partial charge in [-0.15, -0.1) is 0 Å². The van der Waals surface area contributed by atoms with E-state index in [9.17, 15) is 9.59 Å². The number of fused-ring (bicyclic) bond motifs is 1. The number of aliphatic carboxylic acids is 1. The van der Waals surface area contributed by atoms with E-state index in [-0.39, 0.29) is 17.9 Å². The van der Waals surface area contributed by atoms with Gasteiger partial charge in [-0.3, -0.25) is 9.59 Å². The van der Waals surface area contributed by atoms with Crippen LogP contribution in [0.25, 0.3) is 0 Å². The molecule has 2 aliphatic rings. The summed E-state index contributed by atoms with van der Waals surface area (Å²) in [6.45, 7) is 0.670. The van der Waals surface area contributed by atoms with Gasteiger partial charge in [0.05, 0.1) is 12.5 Å². The van der Waals surface area contributed by atoms with Gasteiger partial charge < -0.3 is 15.2 Å². The van der Waals surface area contributed by atoms with Crippen LogP contribution >= 0.6 is 0 Å². The molecule has 1 aromatic rings. The molecule has 2 N–H and O–H groups in total. The van der Waals surface area contributed by atoms with Crippen molar-refractivity contribution in [3.8, 4) is 5.75 Å². The molecule has 1 saturated carbocycles. The van der Waals surface area contributed by atoms with E-state index < -0.39 is 5.97 Å². The van der Waals surface area contributed by atoms with Crippen molar-refractivity contribution < 1.29 is 19.4 Å². The number of nitrogens with one attached hydrogen (secondary N) is 1. The molecule has 20 heavy (non-hydrogen) atoms. The van der Waals surface area contributed by atoms with Gasteiger partial charge in [0.15, 0.2) is 0 Å². The molecule has 0 bridgehead atoms. The minimum Gasteiger partial charge on any atom is -0.493 e. The number of hydrogen-bond donors (Lipinski definition) is 2. The number of carbonyl (C=O) groups excluding carboxylic acids is 1. The van der Waals surface area contributed by atoms with Crippen molar-refractivity contribution in [1.29, 1.82) is 0 Å². The molecule has 5 nitrogen and oxygen atoms in total. The topological polar surface area (TPSA) is 75.6 Å². The van der Waals surface area contributed by atoms with Crippen molar-refractivity contribution in [2.24, 2.45) is 5.92 Å². The zero-order valence-corrected chi connectivity index (χ0v) is 11.1. The summed E-state index contributed by atoms with van der Waals surface area (Å²) < 4.78 is 5.41. The van der Waals surface area contributed by atoms with Gasteiger partial charge in [-0.1, -0.05) is 0 Å². The fourth-order valence-corrected chi connectivity index (χ4v) is 2.93. The van der Waals surface area contributed by atoms with Crippen LogP contribution < -0.4 is 10.1 Å². The maximum Gasteiger partial charge on any atom is 0.306 e. The average molecular weight is 275 g/mol. The van der Waals surface area contributed by atoms with Gasteiger partial charge in [0, 0.05) is 18.0 Å². The molecule has 2 atom stereocenters. The average Bonchev–Trinajstić information content (AvgIpc) is 3.05. The molecule has 1 fully saturated rings. The van der Waals surface area contributed by atoms with E-state index in [0.29, 0.717) is 25.0 Å². The van der Waals surface area contributed by atoms with Crippen LogP contribution in [0.15, 0.2) is 18.2 Å². The maximum absolute atomic E-state index is 12.2. The Bertz CT molecular complexity index is 555. The lowest BCUT2D eigenvalue weighted by Gasteiger charge is -2.13. The molecule has 1 heterocycles. The van der Waals surface area contributed by atoms with Gasteiger partial charge in [0.2, 0.25) is 0 Å². The highest BCUT2D eigenvalue weighted by Crippen LogP contribution is 2.28. The van der Waals surface area contributed by atoms with Gasteiger partial charge in [0.1, 0.15) is 5.75 Å². The van der Waals surface area contributed by atoms with E-state index in [2.05, 4.69) is 5.32 Å². The van der Waals surface area contributed by atoms with Crippen molar-refractivity contribution in [2.45, 2.75) is 31.7 Å². The van der Waals surface area contributed by atoms with E-state index in [4.69, 9.17) is 9.84 Å². The molecule has 106 valence electrons. The van der Waals surface area contributed by atoms with E-state index in [1.54, 1.807) is 6.07 Å².